The number of anilines is 1. The number of para-hydroxylation sites is 1. The second-order valence-corrected chi connectivity index (χ2v) is 11.2. The number of hydrogen-bond donors (Lipinski definition) is 1. The summed E-state index contributed by atoms with van der Waals surface area (Å²) in [6, 6.07) is 9.34. The topological polar surface area (TPSA) is 114 Å². The van der Waals surface area contributed by atoms with Crippen molar-refractivity contribution >= 4 is 32.6 Å². The summed E-state index contributed by atoms with van der Waals surface area (Å²) in [5.74, 6) is 0.311. The first-order valence-corrected chi connectivity index (χ1v) is 13.3. The highest BCUT2D eigenvalue weighted by atomic mass is 32.2. The highest BCUT2D eigenvalue weighted by Gasteiger charge is 2.37. The van der Waals surface area contributed by atoms with E-state index in [1.54, 1.807) is 13.3 Å². The third-order valence-corrected chi connectivity index (χ3v) is 8.88. The highest BCUT2D eigenvalue weighted by molar-refractivity contribution is 7.86. The Bertz CT molecular complexity index is 1340. The van der Waals surface area contributed by atoms with E-state index < -0.39 is 10.2 Å². The predicted octanol–water partition coefficient (Wildman–Crippen LogP) is 2.67. The molecule has 1 aromatic carbocycles. The van der Waals surface area contributed by atoms with Crippen molar-refractivity contribution in [3.63, 3.8) is 0 Å². The average molecular weight is 516 g/mol. The normalized spacial score (nSPS) is 16.7. The first kappa shape index (κ1) is 23.8. The van der Waals surface area contributed by atoms with E-state index in [9.17, 15) is 13.2 Å². The lowest BCUT2D eigenvalue weighted by Crippen LogP contribution is -2.46. The van der Waals surface area contributed by atoms with Crippen LogP contribution in [0.4, 0.5) is 5.13 Å². The van der Waals surface area contributed by atoms with E-state index in [0.717, 1.165) is 16.1 Å². The van der Waals surface area contributed by atoms with Crippen molar-refractivity contribution in [3.05, 3.63) is 58.4 Å². The lowest BCUT2D eigenvalue weighted by molar-refractivity contribution is 0.0701. The SMILES string of the molecule is COc1ccccc1-c1cc(C)ncc1C(=O)Nc1nc2c(s1)CN(S(=O)(=O)N1CCOCC1)C2. The van der Waals surface area contributed by atoms with Gasteiger partial charge in [0.15, 0.2) is 5.13 Å². The van der Waals surface area contributed by atoms with Crippen LogP contribution in [0.1, 0.15) is 26.6 Å². The quantitative estimate of drug-likeness (QED) is 0.537. The van der Waals surface area contributed by atoms with Crippen molar-refractivity contribution in [3.8, 4) is 16.9 Å². The number of nitrogens with one attached hydrogen (secondary N) is 1. The molecular formula is C23H25N5O5S2. The van der Waals surface area contributed by atoms with Crippen LogP contribution < -0.4 is 10.1 Å². The molecular weight excluding hydrogens is 490 g/mol. The van der Waals surface area contributed by atoms with Gasteiger partial charge in [0.05, 0.1) is 44.7 Å². The predicted molar refractivity (Wildman–Crippen MR) is 132 cm³/mol. The van der Waals surface area contributed by atoms with Crippen molar-refractivity contribution in [2.24, 2.45) is 0 Å². The minimum absolute atomic E-state index is 0.181. The molecule has 5 rings (SSSR count). The van der Waals surface area contributed by atoms with E-state index >= 15 is 0 Å². The molecule has 2 aliphatic heterocycles. The number of methoxy groups -OCH3 is 1. The zero-order valence-corrected chi connectivity index (χ0v) is 21.0. The molecule has 2 aromatic heterocycles. The van der Waals surface area contributed by atoms with E-state index in [1.807, 2.05) is 37.3 Å². The molecule has 0 atom stereocenters. The van der Waals surface area contributed by atoms with Crippen LogP contribution in [0.5, 0.6) is 5.75 Å². The van der Waals surface area contributed by atoms with Crippen LogP contribution in [0.3, 0.4) is 0 Å². The Balaban J connectivity index is 1.34. The van der Waals surface area contributed by atoms with Gasteiger partial charge < -0.3 is 9.47 Å². The van der Waals surface area contributed by atoms with Crippen LogP contribution in [-0.2, 0) is 28.0 Å². The molecule has 0 bridgehead atoms. The van der Waals surface area contributed by atoms with Gasteiger partial charge in [-0.15, -0.1) is 0 Å². The Hall–Kier alpha value is -2.90. The van der Waals surface area contributed by atoms with Crippen LogP contribution in [-0.4, -0.2) is 66.3 Å². The molecule has 184 valence electrons. The largest absolute Gasteiger partial charge is 0.496 e. The number of thiazole rings is 1. The Morgan fingerprint density at radius 1 is 1.14 bits per heavy atom. The molecule has 0 radical (unpaired) electrons. The third-order valence-electron chi connectivity index (χ3n) is 5.95. The summed E-state index contributed by atoms with van der Waals surface area (Å²) >= 11 is 1.29. The zero-order chi connectivity index (χ0) is 24.6. The summed E-state index contributed by atoms with van der Waals surface area (Å²) in [6.45, 7) is 3.77. The number of rotatable bonds is 6. The number of aromatic nitrogens is 2. The van der Waals surface area contributed by atoms with E-state index in [-0.39, 0.29) is 19.0 Å². The number of nitrogens with zero attached hydrogens (tertiary/aromatic N) is 4. The zero-order valence-electron chi connectivity index (χ0n) is 19.4. The summed E-state index contributed by atoms with van der Waals surface area (Å²) in [6.07, 6.45) is 1.55. The summed E-state index contributed by atoms with van der Waals surface area (Å²) in [5.41, 5.74) is 3.33. The molecule has 10 nitrogen and oxygen atoms in total. The number of pyridine rings is 1. The molecule has 1 N–H and O–H groups in total. The number of fused-ring (bicyclic) bond motifs is 1. The number of morpholine rings is 1. The maximum absolute atomic E-state index is 13.2. The molecule has 35 heavy (non-hydrogen) atoms. The summed E-state index contributed by atoms with van der Waals surface area (Å²) < 4.78 is 39.5. The number of hydrogen-bond acceptors (Lipinski definition) is 8. The summed E-state index contributed by atoms with van der Waals surface area (Å²) in [4.78, 5) is 22.9. The van der Waals surface area contributed by atoms with Gasteiger partial charge in [-0.05, 0) is 19.1 Å². The minimum Gasteiger partial charge on any atom is -0.496 e. The van der Waals surface area contributed by atoms with Crippen molar-refractivity contribution in [2.75, 3.05) is 38.7 Å². The van der Waals surface area contributed by atoms with Gasteiger partial charge >= 0.3 is 0 Å². The monoisotopic (exact) mass is 515 g/mol. The molecule has 1 saturated heterocycles. The molecule has 4 heterocycles. The fourth-order valence-corrected chi connectivity index (χ4v) is 6.74. The van der Waals surface area contributed by atoms with Gasteiger partial charge in [-0.2, -0.15) is 17.0 Å². The Morgan fingerprint density at radius 3 is 2.66 bits per heavy atom. The van der Waals surface area contributed by atoms with Crippen molar-refractivity contribution in [2.45, 2.75) is 20.0 Å². The van der Waals surface area contributed by atoms with Gasteiger partial charge in [-0.1, -0.05) is 29.5 Å². The molecule has 3 aromatic rings. The van der Waals surface area contributed by atoms with E-state index in [0.29, 0.717) is 54.0 Å². The highest BCUT2D eigenvalue weighted by Crippen LogP contribution is 2.35. The van der Waals surface area contributed by atoms with Gasteiger partial charge in [-0.3, -0.25) is 15.1 Å². The third kappa shape index (κ3) is 4.67. The smallest absolute Gasteiger partial charge is 0.282 e. The van der Waals surface area contributed by atoms with Crippen LogP contribution in [0.2, 0.25) is 0 Å². The lowest BCUT2D eigenvalue weighted by Gasteiger charge is -2.29. The van der Waals surface area contributed by atoms with Crippen molar-refractivity contribution in [1.82, 2.24) is 18.6 Å². The van der Waals surface area contributed by atoms with Gasteiger partial charge in [-0.25, -0.2) is 4.98 Å². The molecule has 12 heteroatoms. The number of amides is 1. The van der Waals surface area contributed by atoms with Crippen LogP contribution >= 0.6 is 11.3 Å². The fraction of sp³-hybridized carbons (Fsp3) is 0.348. The molecule has 1 fully saturated rings. The molecule has 0 aliphatic carbocycles. The second-order valence-electron chi connectivity index (χ2n) is 8.20. The molecule has 2 aliphatic rings. The fourth-order valence-electron chi connectivity index (χ4n) is 4.17. The van der Waals surface area contributed by atoms with E-state index in [4.69, 9.17) is 9.47 Å². The van der Waals surface area contributed by atoms with E-state index in [2.05, 4.69) is 15.3 Å². The number of carbonyl (C=O) groups is 1. The second kappa shape index (κ2) is 9.63. The Kier molecular flexibility index (Phi) is 6.55. The lowest BCUT2D eigenvalue weighted by atomic mass is 9.99. The number of carbonyl (C=O) groups excluding carboxylic acids is 1. The van der Waals surface area contributed by atoms with Gasteiger partial charge in [0.2, 0.25) is 0 Å². The maximum Gasteiger partial charge on any atom is 0.282 e. The van der Waals surface area contributed by atoms with Crippen LogP contribution in [0.15, 0.2) is 36.5 Å². The first-order valence-electron chi connectivity index (χ1n) is 11.1. The number of ether oxygens (including phenoxy) is 2. The summed E-state index contributed by atoms with van der Waals surface area (Å²) in [5, 5.41) is 3.29. The minimum atomic E-state index is -3.58. The van der Waals surface area contributed by atoms with Crippen LogP contribution in [0, 0.1) is 6.92 Å². The first-order chi connectivity index (χ1) is 16.9. The molecule has 0 spiro atoms. The Morgan fingerprint density at radius 2 is 1.91 bits per heavy atom. The van der Waals surface area contributed by atoms with Gasteiger partial charge in [0, 0.05) is 41.0 Å². The van der Waals surface area contributed by atoms with Crippen molar-refractivity contribution < 1.29 is 22.7 Å². The number of benzene rings is 1. The molecule has 0 unspecified atom stereocenters. The molecule has 1 amide bonds. The molecule has 0 saturated carbocycles. The Labute approximate surface area is 207 Å². The standard InChI is InChI=1S/C23H25N5O5S2/c1-15-11-17(16-5-3-4-6-20(16)32-2)18(12-24-15)22(29)26-23-25-19-13-28(14-21(19)34-23)35(30,31)27-7-9-33-10-8-27/h3-6,11-12H,7-10,13-14H2,1-2H3,(H,25,26,29). The van der Waals surface area contributed by atoms with Gasteiger partial charge in [0.25, 0.3) is 16.1 Å². The van der Waals surface area contributed by atoms with Gasteiger partial charge in [0.1, 0.15) is 5.75 Å². The van der Waals surface area contributed by atoms with E-state index in [1.165, 1.54) is 19.9 Å². The van der Waals surface area contributed by atoms with Crippen LogP contribution in [0.25, 0.3) is 11.1 Å². The summed E-state index contributed by atoms with van der Waals surface area (Å²) in [7, 11) is -1.99. The van der Waals surface area contributed by atoms with Crippen molar-refractivity contribution in [1.29, 1.82) is 0 Å². The maximum atomic E-state index is 13.2. The average Bonchev–Trinajstić information content (AvgIpc) is 3.44. The number of aryl methyl sites for hydroxylation is 1.